The van der Waals surface area contributed by atoms with Gasteiger partial charge in [0.15, 0.2) is 0 Å². The average molecular weight is 390 g/mol. The van der Waals surface area contributed by atoms with Crippen molar-refractivity contribution in [2.75, 3.05) is 19.4 Å². The van der Waals surface area contributed by atoms with Gasteiger partial charge < -0.3 is 20.5 Å². The van der Waals surface area contributed by atoms with Crippen molar-refractivity contribution in [1.82, 2.24) is 5.32 Å². The summed E-state index contributed by atoms with van der Waals surface area (Å²) in [6, 6.07) is 5.45. The second kappa shape index (κ2) is 8.68. The number of anilines is 1. The summed E-state index contributed by atoms with van der Waals surface area (Å²) in [4.78, 5) is 37.1. The van der Waals surface area contributed by atoms with Crippen LogP contribution in [0.3, 0.4) is 0 Å². The summed E-state index contributed by atoms with van der Waals surface area (Å²) in [5.41, 5.74) is 8.35. The van der Waals surface area contributed by atoms with Crippen LogP contribution in [-0.2, 0) is 16.1 Å². The van der Waals surface area contributed by atoms with Crippen LogP contribution < -0.4 is 11.1 Å². The number of rotatable bonds is 6. The summed E-state index contributed by atoms with van der Waals surface area (Å²) < 4.78 is 10.4. The van der Waals surface area contributed by atoms with E-state index in [1.165, 1.54) is 7.05 Å². The van der Waals surface area contributed by atoms with Crippen molar-refractivity contribution in [1.29, 1.82) is 0 Å². The Morgan fingerprint density at radius 3 is 2.48 bits per heavy atom. The third-order valence-electron chi connectivity index (χ3n) is 3.91. The Kier molecular flexibility index (Phi) is 6.57. The van der Waals surface area contributed by atoms with Gasteiger partial charge in [0.2, 0.25) is 0 Å². The molecule has 1 aromatic carbocycles. The monoisotopic (exact) mass is 390 g/mol. The molecule has 0 fully saturated rings. The van der Waals surface area contributed by atoms with Crippen LogP contribution in [-0.4, -0.2) is 31.5 Å². The molecule has 0 bridgehead atoms. The quantitative estimate of drug-likeness (QED) is 0.735. The van der Waals surface area contributed by atoms with Gasteiger partial charge in [0.05, 0.1) is 12.2 Å². The predicted molar refractivity (Wildman–Crippen MR) is 103 cm³/mol. The van der Waals surface area contributed by atoms with Crippen molar-refractivity contribution >= 4 is 34.2 Å². The van der Waals surface area contributed by atoms with Crippen LogP contribution in [0, 0.1) is 13.8 Å². The lowest BCUT2D eigenvalue weighted by Gasteiger charge is -2.10. The molecular formula is C19H22N2O5S. The van der Waals surface area contributed by atoms with Crippen molar-refractivity contribution in [3.8, 4) is 0 Å². The van der Waals surface area contributed by atoms with E-state index in [2.05, 4.69) is 5.32 Å². The maximum absolute atomic E-state index is 12.5. The van der Waals surface area contributed by atoms with E-state index in [1.54, 1.807) is 19.9 Å². The van der Waals surface area contributed by atoms with Crippen molar-refractivity contribution in [3.05, 3.63) is 50.9 Å². The number of benzene rings is 1. The van der Waals surface area contributed by atoms with Gasteiger partial charge in [0, 0.05) is 12.6 Å². The largest absolute Gasteiger partial charge is 0.462 e. The van der Waals surface area contributed by atoms with Gasteiger partial charge in [-0.3, -0.25) is 4.79 Å². The Bertz CT molecular complexity index is 888. The molecule has 144 valence electrons. The van der Waals surface area contributed by atoms with E-state index in [4.69, 9.17) is 15.2 Å². The first-order valence-electron chi connectivity index (χ1n) is 8.34. The third kappa shape index (κ3) is 4.46. The molecule has 27 heavy (non-hydrogen) atoms. The fourth-order valence-corrected chi connectivity index (χ4v) is 3.53. The predicted octanol–water partition coefficient (Wildman–Crippen LogP) is 2.84. The highest BCUT2D eigenvalue weighted by Gasteiger charge is 2.27. The first-order chi connectivity index (χ1) is 12.8. The molecule has 0 unspecified atom stereocenters. The number of thiophene rings is 1. The van der Waals surface area contributed by atoms with Gasteiger partial charge in [0.25, 0.3) is 5.91 Å². The highest BCUT2D eigenvalue weighted by molar-refractivity contribution is 7.18. The highest BCUT2D eigenvalue weighted by atomic mass is 32.1. The van der Waals surface area contributed by atoms with Gasteiger partial charge in [-0.1, -0.05) is 17.7 Å². The number of hydrogen-bond donors (Lipinski definition) is 2. The summed E-state index contributed by atoms with van der Waals surface area (Å²) in [5.74, 6) is -1.61. The molecule has 2 rings (SSSR count). The van der Waals surface area contributed by atoms with Gasteiger partial charge >= 0.3 is 11.9 Å². The zero-order valence-electron chi connectivity index (χ0n) is 15.7. The molecule has 1 heterocycles. The zero-order chi connectivity index (χ0) is 20.1. The van der Waals surface area contributed by atoms with E-state index < -0.39 is 17.8 Å². The van der Waals surface area contributed by atoms with E-state index in [-0.39, 0.29) is 34.2 Å². The van der Waals surface area contributed by atoms with Crippen molar-refractivity contribution < 1.29 is 23.9 Å². The topological polar surface area (TPSA) is 108 Å². The van der Waals surface area contributed by atoms with Crippen LogP contribution in [0.2, 0.25) is 0 Å². The summed E-state index contributed by atoms with van der Waals surface area (Å²) >= 11 is 0.955. The SMILES string of the molecule is CCOC(=O)c1c(N)sc(C(=O)NC)c1COC(=O)c1cc(C)ccc1C. The maximum atomic E-state index is 12.5. The normalized spacial score (nSPS) is 10.4. The number of esters is 2. The molecule has 0 aliphatic carbocycles. The van der Waals surface area contributed by atoms with E-state index >= 15 is 0 Å². The number of ether oxygens (including phenoxy) is 2. The fourth-order valence-electron chi connectivity index (χ4n) is 2.52. The first kappa shape index (κ1) is 20.4. The Hall–Kier alpha value is -2.87. The molecule has 0 saturated carbocycles. The summed E-state index contributed by atoms with van der Waals surface area (Å²) in [5, 5.41) is 2.64. The smallest absolute Gasteiger partial charge is 0.341 e. The molecular weight excluding hydrogens is 368 g/mol. The molecule has 0 spiro atoms. The Morgan fingerprint density at radius 2 is 1.85 bits per heavy atom. The molecule has 2 aromatic rings. The number of carbonyl (C=O) groups excluding carboxylic acids is 3. The van der Waals surface area contributed by atoms with Gasteiger partial charge in [-0.2, -0.15) is 0 Å². The number of carbonyl (C=O) groups is 3. The zero-order valence-corrected chi connectivity index (χ0v) is 16.5. The van der Waals surface area contributed by atoms with Crippen LogP contribution in [0.15, 0.2) is 18.2 Å². The summed E-state index contributed by atoms with van der Waals surface area (Å²) in [6.07, 6.45) is 0. The van der Waals surface area contributed by atoms with E-state index in [9.17, 15) is 14.4 Å². The molecule has 3 N–H and O–H groups in total. The molecule has 0 atom stereocenters. The lowest BCUT2D eigenvalue weighted by Crippen LogP contribution is -2.20. The molecule has 0 aliphatic rings. The highest BCUT2D eigenvalue weighted by Crippen LogP contribution is 2.32. The van der Waals surface area contributed by atoms with E-state index in [0.717, 1.165) is 22.5 Å². The van der Waals surface area contributed by atoms with Crippen LogP contribution in [0.5, 0.6) is 0 Å². The minimum Gasteiger partial charge on any atom is -0.462 e. The lowest BCUT2D eigenvalue weighted by molar-refractivity contribution is 0.0449. The molecule has 1 aromatic heterocycles. The second-order valence-electron chi connectivity index (χ2n) is 5.84. The van der Waals surface area contributed by atoms with Crippen LogP contribution in [0.4, 0.5) is 5.00 Å². The van der Waals surface area contributed by atoms with Crippen molar-refractivity contribution in [2.45, 2.75) is 27.4 Å². The number of aryl methyl sites for hydroxylation is 2. The Balaban J connectivity index is 2.36. The second-order valence-corrected chi connectivity index (χ2v) is 6.90. The third-order valence-corrected chi connectivity index (χ3v) is 4.97. The van der Waals surface area contributed by atoms with Crippen LogP contribution in [0.1, 0.15) is 54.0 Å². The van der Waals surface area contributed by atoms with Gasteiger partial charge in [-0.25, -0.2) is 9.59 Å². The summed E-state index contributed by atoms with van der Waals surface area (Å²) in [7, 11) is 1.47. The molecule has 0 saturated heterocycles. The van der Waals surface area contributed by atoms with Crippen LogP contribution >= 0.6 is 11.3 Å². The van der Waals surface area contributed by atoms with Gasteiger partial charge in [-0.05, 0) is 32.4 Å². The average Bonchev–Trinajstić information content (AvgIpc) is 2.97. The lowest BCUT2D eigenvalue weighted by atomic mass is 10.1. The molecule has 0 aliphatic heterocycles. The minimum atomic E-state index is -0.654. The van der Waals surface area contributed by atoms with Crippen molar-refractivity contribution in [2.24, 2.45) is 0 Å². The molecule has 1 amide bonds. The van der Waals surface area contributed by atoms with Crippen LogP contribution in [0.25, 0.3) is 0 Å². The molecule has 8 heteroatoms. The fraction of sp³-hybridized carbons (Fsp3) is 0.316. The minimum absolute atomic E-state index is 0.0641. The van der Waals surface area contributed by atoms with E-state index in [1.807, 2.05) is 19.1 Å². The number of nitrogens with one attached hydrogen (secondary N) is 1. The molecule has 0 radical (unpaired) electrons. The van der Waals surface area contributed by atoms with Crippen molar-refractivity contribution in [3.63, 3.8) is 0 Å². The Morgan fingerprint density at radius 1 is 1.15 bits per heavy atom. The van der Waals surface area contributed by atoms with Gasteiger partial charge in [0.1, 0.15) is 22.0 Å². The number of hydrogen-bond acceptors (Lipinski definition) is 7. The first-order valence-corrected chi connectivity index (χ1v) is 9.16. The number of nitrogens with two attached hydrogens (primary N) is 1. The number of nitrogen functional groups attached to an aromatic ring is 1. The number of amides is 1. The van der Waals surface area contributed by atoms with E-state index in [0.29, 0.717) is 5.56 Å². The summed E-state index contributed by atoms with van der Waals surface area (Å²) in [6.45, 7) is 5.24. The van der Waals surface area contributed by atoms with Gasteiger partial charge in [-0.15, -0.1) is 11.3 Å². The Labute approximate surface area is 161 Å². The maximum Gasteiger partial charge on any atom is 0.341 e. The molecule has 7 nitrogen and oxygen atoms in total. The standard InChI is InChI=1S/C19H22N2O5S/c1-5-25-19(24)14-13(15(17(22)21-4)27-16(14)20)9-26-18(23)12-8-10(2)6-7-11(12)3/h6-8H,5,9,20H2,1-4H3,(H,21,22).